The fourth-order valence-corrected chi connectivity index (χ4v) is 6.20. The van der Waals surface area contributed by atoms with Crippen molar-refractivity contribution in [2.75, 3.05) is 25.2 Å². The summed E-state index contributed by atoms with van der Waals surface area (Å²) in [7, 11) is 10.0. The molecule has 1 fully saturated rings. The number of allylic oxidation sites excluding steroid dienone is 1. The zero-order chi connectivity index (χ0) is 26.6. The van der Waals surface area contributed by atoms with Crippen LogP contribution in [0.25, 0.3) is 16.8 Å². The van der Waals surface area contributed by atoms with Gasteiger partial charge in [-0.2, -0.15) is 0 Å². The number of hydrogen-bond acceptors (Lipinski definition) is 6. The first kappa shape index (κ1) is 25.0. The van der Waals surface area contributed by atoms with Crippen LogP contribution >= 0.6 is 0 Å². The van der Waals surface area contributed by atoms with Crippen LogP contribution < -0.4 is 4.90 Å². The maximum atomic E-state index is 15.5. The number of ether oxygens (including phenoxy) is 2. The number of rotatable bonds is 6. The normalized spacial score (nSPS) is 20.1. The summed E-state index contributed by atoms with van der Waals surface area (Å²) in [6.07, 6.45) is 7.79. The van der Waals surface area contributed by atoms with Crippen LogP contribution in [0.15, 0.2) is 54.4 Å². The van der Waals surface area contributed by atoms with E-state index in [9.17, 15) is 0 Å². The van der Waals surface area contributed by atoms with Gasteiger partial charge in [-0.25, -0.2) is 9.07 Å². The van der Waals surface area contributed by atoms with Crippen molar-refractivity contribution in [2.24, 2.45) is 13.0 Å². The number of aromatic nitrogens is 4. The lowest BCUT2D eigenvalue weighted by Gasteiger charge is -2.41. The largest absolute Gasteiger partial charge is 0.496 e. The van der Waals surface area contributed by atoms with Gasteiger partial charge in [0.15, 0.2) is 0 Å². The highest BCUT2D eigenvalue weighted by molar-refractivity contribution is 6.59. The standard InChI is InChI=1S/C27H31B3FN5O2/c1-35-25(26(33-34-35)27(28,29)30)16-13-20-23(32-14-16)22-19(7-8-21(22)37-2)36(20)24(15-9-11-38-12-10-15)17-5-3-4-6-18(17)31/h3-8,13-15,19,24H,9-12,28-30H2,1-2H3/t19?,24-/m0/s1. The van der Waals surface area contributed by atoms with Gasteiger partial charge in [0.25, 0.3) is 0 Å². The number of benzene rings is 1. The Kier molecular flexibility index (Phi) is 6.21. The van der Waals surface area contributed by atoms with Gasteiger partial charge in [0, 0.05) is 43.2 Å². The third kappa shape index (κ3) is 3.99. The molecule has 1 aromatic carbocycles. The van der Waals surface area contributed by atoms with Gasteiger partial charge in [0.1, 0.15) is 11.6 Å². The fourth-order valence-electron chi connectivity index (χ4n) is 6.20. The van der Waals surface area contributed by atoms with Crippen LogP contribution in [0.5, 0.6) is 0 Å². The van der Waals surface area contributed by atoms with Crippen LogP contribution in [0.2, 0.25) is 0 Å². The maximum Gasteiger partial charge on any atom is 0.128 e. The minimum atomic E-state index is -0.189. The number of methoxy groups -OCH3 is 1. The molecule has 3 aromatic rings. The summed E-state index contributed by atoms with van der Waals surface area (Å²) in [5, 5.41) is 8.65. The quantitative estimate of drug-likeness (QED) is 0.468. The zero-order valence-electron chi connectivity index (χ0n) is 22.6. The number of fused-ring (bicyclic) bond motifs is 3. The Morgan fingerprint density at radius 3 is 2.66 bits per heavy atom. The Morgan fingerprint density at radius 1 is 1.18 bits per heavy atom. The lowest BCUT2D eigenvalue weighted by atomic mass is 9.41. The Labute approximate surface area is 225 Å². The third-order valence-electron chi connectivity index (χ3n) is 7.96. The van der Waals surface area contributed by atoms with Crippen LogP contribution in [-0.2, 0) is 21.6 Å². The minimum Gasteiger partial charge on any atom is -0.496 e. The highest BCUT2D eigenvalue weighted by Gasteiger charge is 2.45. The number of hydrogen-bond donors (Lipinski definition) is 0. The second kappa shape index (κ2) is 9.45. The number of aryl methyl sites for hydroxylation is 1. The molecule has 6 rings (SSSR count). The van der Waals surface area contributed by atoms with Crippen LogP contribution in [0, 0.1) is 11.7 Å². The molecule has 1 aliphatic carbocycles. The van der Waals surface area contributed by atoms with Crippen molar-refractivity contribution in [1.82, 2.24) is 20.0 Å². The molecule has 4 heterocycles. The molecule has 1 saturated heterocycles. The summed E-state index contributed by atoms with van der Waals surface area (Å²) in [5.41, 5.74) is 6.38. The van der Waals surface area contributed by atoms with E-state index in [0.717, 1.165) is 52.5 Å². The van der Waals surface area contributed by atoms with Crippen molar-refractivity contribution < 1.29 is 13.9 Å². The number of anilines is 1. The Hall–Kier alpha value is -3.33. The lowest BCUT2D eigenvalue weighted by molar-refractivity contribution is 0.0568. The van der Waals surface area contributed by atoms with Crippen molar-refractivity contribution in [1.29, 1.82) is 0 Å². The van der Waals surface area contributed by atoms with E-state index in [1.807, 2.05) is 36.1 Å². The third-order valence-corrected chi connectivity index (χ3v) is 7.96. The van der Waals surface area contributed by atoms with Gasteiger partial charge in [-0.3, -0.25) is 4.98 Å². The molecule has 0 N–H and O–H groups in total. The summed E-state index contributed by atoms with van der Waals surface area (Å²) in [5.74, 6) is 0.836. The van der Waals surface area contributed by atoms with E-state index in [2.05, 4.69) is 50.9 Å². The molecule has 0 amide bonds. The monoisotopic (exact) mass is 509 g/mol. The van der Waals surface area contributed by atoms with Gasteiger partial charge in [0.05, 0.1) is 65.5 Å². The molecule has 2 aliphatic heterocycles. The molecule has 0 saturated carbocycles. The van der Waals surface area contributed by atoms with Gasteiger partial charge < -0.3 is 14.4 Å². The zero-order valence-corrected chi connectivity index (χ0v) is 22.6. The summed E-state index contributed by atoms with van der Waals surface area (Å²) in [6, 6.07) is 9.06. The predicted molar refractivity (Wildman–Crippen MR) is 154 cm³/mol. The topological polar surface area (TPSA) is 65.3 Å². The molecule has 7 nitrogen and oxygen atoms in total. The van der Waals surface area contributed by atoms with E-state index >= 15 is 4.39 Å². The number of pyridine rings is 1. The molecule has 0 bridgehead atoms. The van der Waals surface area contributed by atoms with Gasteiger partial charge in [0.2, 0.25) is 0 Å². The van der Waals surface area contributed by atoms with Gasteiger partial charge in [-0.1, -0.05) is 34.6 Å². The molecular weight excluding hydrogens is 478 g/mol. The van der Waals surface area contributed by atoms with Crippen molar-refractivity contribution in [2.45, 2.75) is 30.0 Å². The summed E-state index contributed by atoms with van der Waals surface area (Å²) in [4.78, 5) is 7.37. The first-order valence-electron chi connectivity index (χ1n) is 13.3. The van der Waals surface area contributed by atoms with Gasteiger partial charge >= 0.3 is 0 Å². The summed E-state index contributed by atoms with van der Waals surface area (Å²) < 4.78 is 28.8. The molecular formula is C27H31B3FN5O2. The first-order chi connectivity index (χ1) is 18.3. The molecule has 0 spiro atoms. The fraction of sp³-hybridized carbons (Fsp3) is 0.370. The van der Waals surface area contributed by atoms with E-state index < -0.39 is 0 Å². The molecule has 2 atom stereocenters. The second-order valence-corrected chi connectivity index (χ2v) is 11.4. The lowest BCUT2D eigenvalue weighted by Crippen LogP contribution is -2.40. The van der Waals surface area contributed by atoms with Gasteiger partial charge in [-0.15, -0.1) is 5.10 Å². The van der Waals surface area contributed by atoms with E-state index in [1.54, 1.807) is 19.2 Å². The Bertz CT molecular complexity index is 1440. The van der Waals surface area contributed by atoms with Crippen LogP contribution in [0.1, 0.15) is 35.8 Å². The highest BCUT2D eigenvalue weighted by atomic mass is 19.1. The molecule has 38 heavy (non-hydrogen) atoms. The highest BCUT2D eigenvalue weighted by Crippen LogP contribution is 2.52. The van der Waals surface area contributed by atoms with Crippen molar-refractivity contribution in [3.05, 3.63) is 77.2 Å². The van der Waals surface area contributed by atoms with Crippen LogP contribution in [0.3, 0.4) is 0 Å². The number of nitrogens with zero attached hydrogens (tertiary/aromatic N) is 5. The minimum absolute atomic E-state index is 0.0955. The van der Waals surface area contributed by atoms with Crippen molar-refractivity contribution in [3.8, 4) is 11.3 Å². The molecule has 3 aliphatic rings. The SMILES string of the molecule is BC(B)(B)c1nnn(C)c1-c1cnc2c(c1)N([C@H](c1ccccc1F)C1CCOCC1)C1C=CC(OC)=C21. The van der Waals surface area contributed by atoms with Crippen LogP contribution in [0.4, 0.5) is 10.1 Å². The molecule has 1 unspecified atom stereocenters. The maximum absolute atomic E-state index is 15.5. The van der Waals surface area contributed by atoms with E-state index in [-0.39, 0.29) is 28.9 Å². The van der Waals surface area contributed by atoms with Crippen LogP contribution in [-0.4, -0.2) is 69.9 Å². The molecule has 192 valence electrons. The predicted octanol–water partition coefficient (Wildman–Crippen LogP) is 1.31. The second-order valence-electron chi connectivity index (χ2n) is 11.4. The molecule has 11 heteroatoms. The molecule has 0 radical (unpaired) electrons. The summed E-state index contributed by atoms with van der Waals surface area (Å²) >= 11 is 0. The average molecular weight is 509 g/mol. The first-order valence-corrected chi connectivity index (χ1v) is 13.3. The van der Waals surface area contributed by atoms with E-state index in [4.69, 9.17) is 14.5 Å². The van der Waals surface area contributed by atoms with E-state index in [0.29, 0.717) is 18.8 Å². The van der Waals surface area contributed by atoms with E-state index in [1.165, 1.54) is 0 Å². The van der Waals surface area contributed by atoms with Crippen molar-refractivity contribution in [3.63, 3.8) is 0 Å². The van der Waals surface area contributed by atoms with Crippen molar-refractivity contribution >= 4 is 34.8 Å². The molecule has 2 aromatic heterocycles. The van der Waals surface area contributed by atoms with Gasteiger partial charge in [-0.05, 0) is 37.0 Å². The summed E-state index contributed by atoms with van der Waals surface area (Å²) in [6.45, 7) is 1.35. The number of halogens is 1. The Morgan fingerprint density at radius 2 is 1.95 bits per heavy atom. The average Bonchev–Trinajstić information content (AvgIpc) is 3.59. The Balaban J connectivity index is 1.57. The smallest absolute Gasteiger partial charge is 0.128 e.